The summed E-state index contributed by atoms with van der Waals surface area (Å²) in [6.07, 6.45) is 0.637. The average Bonchev–Trinajstić information content (AvgIpc) is 3.89. The summed E-state index contributed by atoms with van der Waals surface area (Å²) >= 11 is 0. The van der Waals surface area contributed by atoms with Crippen LogP contribution >= 0.6 is 0 Å². The molecule has 2 fully saturated rings. The topological polar surface area (TPSA) is 200 Å². The van der Waals surface area contributed by atoms with Crippen LogP contribution in [-0.4, -0.2) is 111 Å². The van der Waals surface area contributed by atoms with E-state index in [1.54, 1.807) is 17.7 Å². The Morgan fingerprint density at radius 2 is 1.76 bits per heavy atom. The number of nitrogens with one attached hydrogen (secondary N) is 3. The molecule has 0 saturated carbocycles. The van der Waals surface area contributed by atoms with E-state index in [4.69, 9.17) is 9.72 Å². The summed E-state index contributed by atoms with van der Waals surface area (Å²) in [5.41, 5.74) is 0.953. The number of alkyl halides is 1. The number of aromatic nitrogens is 3. The van der Waals surface area contributed by atoms with E-state index in [0.29, 0.717) is 38.4 Å². The first-order chi connectivity index (χ1) is 27.7. The Hall–Kier alpha value is -5.11. The SMILES string of the molecule is CC(CNC(=O)CC(Cn1c(O)ccc1O)S(=O)(=O)O)NC(=O)N(CC1CNCC1F)C(c1nc(-c2cc(F)ccc2F)cn1Cc1ccccc1)C1CCOCC1. The van der Waals surface area contributed by atoms with Crippen molar-refractivity contribution in [1.29, 1.82) is 0 Å². The van der Waals surface area contributed by atoms with Gasteiger partial charge < -0.3 is 40.4 Å². The Kier molecular flexibility index (Phi) is 13.7. The largest absolute Gasteiger partial charge is 0.494 e. The van der Waals surface area contributed by atoms with Crippen molar-refractivity contribution in [2.24, 2.45) is 11.8 Å². The van der Waals surface area contributed by atoms with Crippen LogP contribution in [0, 0.1) is 23.5 Å². The summed E-state index contributed by atoms with van der Waals surface area (Å²) in [7, 11) is -4.82. The van der Waals surface area contributed by atoms with E-state index in [2.05, 4.69) is 16.0 Å². The third-order valence-corrected chi connectivity index (χ3v) is 11.8. The minimum atomic E-state index is -4.82. The molecule has 3 amide bonds. The fraction of sp³-hybridized carbons (Fsp3) is 0.462. The van der Waals surface area contributed by atoms with E-state index in [-0.39, 0.29) is 43.4 Å². The third-order valence-electron chi connectivity index (χ3n) is 10.6. The molecular weight excluding hydrogens is 784 g/mol. The van der Waals surface area contributed by atoms with Crippen LogP contribution in [0.15, 0.2) is 66.9 Å². The van der Waals surface area contributed by atoms with E-state index in [1.807, 2.05) is 30.3 Å². The Balaban J connectivity index is 1.29. The maximum absolute atomic E-state index is 15.3. The summed E-state index contributed by atoms with van der Waals surface area (Å²) in [6, 6.07) is 12.6. The molecule has 314 valence electrons. The Labute approximate surface area is 334 Å². The number of rotatable bonds is 16. The molecular formula is C39H48F3N7O8S. The Morgan fingerprint density at radius 3 is 2.41 bits per heavy atom. The van der Waals surface area contributed by atoms with Gasteiger partial charge in [-0.05, 0) is 49.4 Å². The van der Waals surface area contributed by atoms with Gasteiger partial charge in [-0.1, -0.05) is 30.3 Å². The standard InChI is InChI=1S/C39H48F3N7O8S/c1-24(17-44-34(50)16-29(58(54,55)56)22-48-35(51)9-10-36(48)52)45-39(53)49(21-27-18-43-19-32(27)42)37(26-11-13-57-14-12-26)38-46-33(30-15-28(40)7-8-31(30)41)23-47(38)20-25-5-3-2-4-6-25/h2-10,15,23-24,26-27,29,32,37,43,51-52H,11-14,16-22H2,1H3,(H,44,50)(H,45,53)(H,54,55,56). The van der Waals surface area contributed by atoms with Crippen LogP contribution in [0.1, 0.15) is 43.6 Å². The molecule has 4 aromatic rings. The van der Waals surface area contributed by atoms with E-state index >= 15 is 8.78 Å². The molecule has 5 unspecified atom stereocenters. The Bertz CT molecular complexity index is 2130. The lowest BCUT2D eigenvalue weighted by Crippen LogP contribution is -2.53. The molecule has 58 heavy (non-hydrogen) atoms. The van der Waals surface area contributed by atoms with Crippen LogP contribution in [0.4, 0.5) is 18.0 Å². The molecule has 2 aliphatic heterocycles. The molecule has 0 spiro atoms. The number of hydrogen-bond donors (Lipinski definition) is 6. The number of carbonyl (C=O) groups excluding carboxylic acids is 2. The normalized spacial score (nSPS) is 19.1. The second kappa shape index (κ2) is 18.6. The van der Waals surface area contributed by atoms with Crippen molar-refractivity contribution < 1.29 is 50.7 Å². The molecule has 2 aromatic carbocycles. The van der Waals surface area contributed by atoms with Crippen LogP contribution in [0.25, 0.3) is 11.3 Å². The van der Waals surface area contributed by atoms with Crippen molar-refractivity contribution in [2.45, 2.75) is 62.8 Å². The second-order valence-electron chi connectivity index (χ2n) is 14.9. The summed E-state index contributed by atoms with van der Waals surface area (Å²) in [5, 5.41) is 26.7. The third kappa shape index (κ3) is 10.5. The molecule has 2 saturated heterocycles. The van der Waals surface area contributed by atoms with Gasteiger partial charge in [-0.2, -0.15) is 8.42 Å². The number of hydrogen-bond acceptors (Lipinski definition) is 9. The predicted octanol–water partition coefficient (Wildman–Crippen LogP) is 3.98. The van der Waals surface area contributed by atoms with E-state index in [9.17, 15) is 37.2 Å². The number of carbonyl (C=O) groups is 2. The van der Waals surface area contributed by atoms with Gasteiger partial charge >= 0.3 is 6.03 Å². The van der Waals surface area contributed by atoms with Gasteiger partial charge in [0.2, 0.25) is 5.91 Å². The maximum atomic E-state index is 15.3. The number of benzene rings is 2. The zero-order valence-corrected chi connectivity index (χ0v) is 32.6. The van der Waals surface area contributed by atoms with Gasteiger partial charge in [0.25, 0.3) is 10.1 Å². The van der Waals surface area contributed by atoms with Crippen molar-refractivity contribution >= 4 is 22.1 Å². The van der Waals surface area contributed by atoms with Gasteiger partial charge in [0, 0.05) is 94.8 Å². The molecule has 5 atom stereocenters. The monoisotopic (exact) mass is 831 g/mol. The van der Waals surface area contributed by atoms with E-state index in [0.717, 1.165) is 40.5 Å². The number of amides is 3. The highest BCUT2D eigenvalue weighted by Crippen LogP contribution is 2.38. The molecule has 0 aliphatic carbocycles. The highest BCUT2D eigenvalue weighted by molar-refractivity contribution is 7.86. The van der Waals surface area contributed by atoms with Crippen LogP contribution in [0.5, 0.6) is 11.8 Å². The number of halogens is 3. The second-order valence-corrected chi connectivity index (χ2v) is 16.6. The van der Waals surface area contributed by atoms with Crippen molar-refractivity contribution in [2.75, 3.05) is 39.4 Å². The van der Waals surface area contributed by atoms with Crippen LogP contribution in [0.3, 0.4) is 0 Å². The lowest BCUT2D eigenvalue weighted by atomic mass is 9.89. The first kappa shape index (κ1) is 42.5. The number of aromatic hydroxyl groups is 2. The number of imidazole rings is 1. The van der Waals surface area contributed by atoms with Crippen LogP contribution < -0.4 is 16.0 Å². The first-order valence-electron chi connectivity index (χ1n) is 19.0. The molecule has 6 rings (SSSR count). The van der Waals surface area contributed by atoms with Gasteiger partial charge in [-0.25, -0.2) is 22.9 Å². The minimum absolute atomic E-state index is 0.0436. The maximum Gasteiger partial charge on any atom is 0.318 e. The van der Waals surface area contributed by atoms with Crippen molar-refractivity contribution in [3.63, 3.8) is 0 Å². The molecule has 0 bridgehead atoms. The molecule has 0 radical (unpaired) electrons. The number of nitrogens with zero attached hydrogens (tertiary/aromatic N) is 4. The number of ether oxygens (including phenoxy) is 1. The molecule has 4 heterocycles. The van der Waals surface area contributed by atoms with Gasteiger partial charge in [0.05, 0.1) is 11.7 Å². The zero-order valence-electron chi connectivity index (χ0n) is 31.8. The summed E-state index contributed by atoms with van der Waals surface area (Å²) < 4.78 is 87.5. The van der Waals surface area contributed by atoms with Crippen LogP contribution in [-0.2, 0) is 32.7 Å². The van der Waals surface area contributed by atoms with E-state index in [1.165, 1.54) is 4.90 Å². The summed E-state index contributed by atoms with van der Waals surface area (Å²) in [4.78, 5) is 34.0. The van der Waals surface area contributed by atoms with Crippen molar-refractivity contribution in [3.8, 4) is 23.0 Å². The fourth-order valence-electron chi connectivity index (χ4n) is 7.48. The lowest BCUT2D eigenvalue weighted by Gasteiger charge is -2.40. The number of urea groups is 1. The van der Waals surface area contributed by atoms with Crippen molar-refractivity contribution in [1.82, 2.24) is 35.0 Å². The van der Waals surface area contributed by atoms with Gasteiger partial charge in [0.15, 0.2) is 11.8 Å². The molecule has 6 N–H and O–H groups in total. The lowest BCUT2D eigenvalue weighted by molar-refractivity contribution is -0.121. The van der Waals surface area contributed by atoms with Crippen molar-refractivity contribution in [3.05, 3.63) is 89.9 Å². The highest BCUT2D eigenvalue weighted by Gasteiger charge is 2.40. The first-order valence-corrected chi connectivity index (χ1v) is 20.5. The fourth-order valence-corrected chi connectivity index (χ4v) is 8.18. The molecule has 19 heteroatoms. The van der Waals surface area contributed by atoms with E-state index < -0.39 is 87.8 Å². The van der Waals surface area contributed by atoms with Gasteiger partial charge in [0.1, 0.15) is 28.9 Å². The van der Waals surface area contributed by atoms with Crippen LogP contribution in [0.2, 0.25) is 0 Å². The minimum Gasteiger partial charge on any atom is -0.494 e. The van der Waals surface area contributed by atoms with Gasteiger partial charge in [-0.3, -0.25) is 13.9 Å². The zero-order chi connectivity index (χ0) is 41.6. The molecule has 2 aromatic heterocycles. The quantitative estimate of drug-likeness (QED) is 0.0899. The highest BCUT2D eigenvalue weighted by atomic mass is 32.2. The average molecular weight is 832 g/mol. The molecule has 15 nitrogen and oxygen atoms in total. The summed E-state index contributed by atoms with van der Waals surface area (Å²) in [5.74, 6) is -3.57. The van der Waals surface area contributed by atoms with Gasteiger partial charge in [-0.15, -0.1) is 0 Å². The molecule has 2 aliphatic rings. The predicted molar refractivity (Wildman–Crippen MR) is 206 cm³/mol. The Morgan fingerprint density at radius 1 is 1.05 bits per heavy atom. The smallest absolute Gasteiger partial charge is 0.318 e. The summed E-state index contributed by atoms with van der Waals surface area (Å²) in [6.45, 7) is 2.19.